The molecule has 1 aromatic rings. The van der Waals surface area contributed by atoms with Crippen LogP contribution in [0.1, 0.15) is 18.9 Å². The number of thioether (sulfide) groups is 1. The molecule has 1 saturated heterocycles. The summed E-state index contributed by atoms with van der Waals surface area (Å²) < 4.78 is 5.69. The monoisotopic (exact) mass is 337 g/mol. The molecule has 0 amide bonds. The summed E-state index contributed by atoms with van der Waals surface area (Å²) in [5.41, 5.74) is 0.575. The summed E-state index contributed by atoms with van der Waals surface area (Å²) in [4.78, 5) is 4.50. The Hall–Kier alpha value is -1.40. The number of nitrogens with one attached hydrogen (secondary N) is 2. The minimum Gasteiger partial charge on any atom is -0.492 e. The molecule has 0 radical (unpaired) electrons. The first-order chi connectivity index (χ1) is 11.1. The third kappa shape index (κ3) is 6.31. The molecular formula is C17H27N3O2S. The third-order valence-electron chi connectivity index (χ3n) is 3.64. The van der Waals surface area contributed by atoms with Crippen LogP contribution in [-0.4, -0.2) is 54.4 Å². The highest BCUT2D eigenvalue weighted by molar-refractivity contribution is 7.99. The molecule has 0 saturated carbocycles. The van der Waals surface area contributed by atoms with Gasteiger partial charge in [-0.3, -0.25) is 4.99 Å². The first kappa shape index (κ1) is 17.9. The van der Waals surface area contributed by atoms with Gasteiger partial charge in [0.1, 0.15) is 12.4 Å². The predicted molar refractivity (Wildman–Crippen MR) is 97.5 cm³/mol. The fourth-order valence-electron chi connectivity index (χ4n) is 2.26. The number of ether oxygens (including phenoxy) is 1. The number of guanidine groups is 1. The zero-order valence-electron chi connectivity index (χ0n) is 14.0. The molecule has 23 heavy (non-hydrogen) atoms. The summed E-state index contributed by atoms with van der Waals surface area (Å²) in [5.74, 6) is 3.38. The number of hydrogen-bond donors (Lipinski definition) is 3. The van der Waals surface area contributed by atoms with Crippen molar-refractivity contribution in [3.8, 4) is 5.75 Å². The standard InChI is InChI=1S/C17H27N3O2S/c1-3-18-16(20-12-17(21)8-11-23-13-17)19-9-10-22-15-6-4-14(2)5-7-15/h4-7,21H,3,8-13H2,1-2H3,(H2,18,19,20). The fraction of sp³-hybridized carbons (Fsp3) is 0.588. The molecule has 128 valence electrons. The Bertz CT molecular complexity index is 499. The van der Waals surface area contributed by atoms with Gasteiger partial charge in [0.15, 0.2) is 5.96 Å². The van der Waals surface area contributed by atoms with Gasteiger partial charge in [0, 0.05) is 12.3 Å². The van der Waals surface area contributed by atoms with Crippen LogP contribution in [0.5, 0.6) is 5.75 Å². The molecule has 1 aliphatic rings. The van der Waals surface area contributed by atoms with E-state index in [0.29, 0.717) is 19.7 Å². The topological polar surface area (TPSA) is 65.9 Å². The Morgan fingerprint density at radius 1 is 1.35 bits per heavy atom. The number of hydrogen-bond acceptors (Lipinski definition) is 4. The summed E-state index contributed by atoms with van der Waals surface area (Å²) in [6.45, 7) is 6.54. The first-order valence-corrected chi connectivity index (χ1v) is 9.28. The van der Waals surface area contributed by atoms with Crippen molar-refractivity contribution in [2.75, 3.05) is 37.7 Å². The van der Waals surface area contributed by atoms with E-state index in [1.165, 1.54) is 5.56 Å². The second kappa shape index (κ2) is 9.03. The molecule has 1 aromatic carbocycles. The largest absolute Gasteiger partial charge is 0.492 e. The lowest BCUT2D eigenvalue weighted by atomic mass is 10.1. The highest BCUT2D eigenvalue weighted by Gasteiger charge is 2.31. The van der Waals surface area contributed by atoms with Crippen LogP contribution in [0.2, 0.25) is 0 Å². The number of aliphatic hydroxyl groups is 1. The molecule has 0 aliphatic carbocycles. The van der Waals surface area contributed by atoms with Gasteiger partial charge in [-0.15, -0.1) is 0 Å². The normalized spacial score (nSPS) is 21.3. The highest BCUT2D eigenvalue weighted by atomic mass is 32.2. The van der Waals surface area contributed by atoms with Crippen molar-refractivity contribution in [2.45, 2.75) is 25.9 Å². The van der Waals surface area contributed by atoms with Crippen LogP contribution in [0.25, 0.3) is 0 Å². The lowest BCUT2D eigenvalue weighted by molar-refractivity contribution is 0.0778. The van der Waals surface area contributed by atoms with Gasteiger partial charge in [-0.2, -0.15) is 11.8 Å². The Labute approximate surface area is 142 Å². The minimum atomic E-state index is -0.647. The van der Waals surface area contributed by atoms with Crippen LogP contribution >= 0.6 is 11.8 Å². The van der Waals surface area contributed by atoms with Gasteiger partial charge < -0.3 is 20.5 Å². The zero-order chi connectivity index (χ0) is 16.5. The molecule has 1 unspecified atom stereocenters. The quantitative estimate of drug-likeness (QED) is 0.402. The molecule has 5 nitrogen and oxygen atoms in total. The van der Waals surface area contributed by atoms with Crippen LogP contribution in [0.4, 0.5) is 0 Å². The van der Waals surface area contributed by atoms with E-state index in [1.807, 2.05) is 31.2 Å². The van der Waals surface area contributed by atoms with Crippen molar-refractivity contribution in [1.82, 2.24) is 10.6 Å². The molecule has 0 spiro atoms. The summed E-state index contributed by atoms with van der Waals surface area (Å²) in [5, 5.41) is 16.8. The smallest absolute Gasteiger partial charge is 0.191 e. The maximum atomic E-state index is 10.3. The van der Waals surface area contributed by atoms with E-state index in [4.69, 9.17) is 4.74 Å². The van der Waals surface area contributed by atoms with Crippen molar-refractivity contribution >= 4 is 17.7 Å². The van der Waals surface area contributed by atoms with Crippen molar-refractivity contribution in [3.05, 3.63) is 29.8 Å². The SMILES string of the molecule is CCNC(=NCC1(O)CCSC1)NCCOc1ccc(C)cc1. The Morgan fingerprint density at radius 3 is 2.78 bits per heavy atom. The van der Waals surface area contributed by atoms with E-state index >= 15 is 0 Å². The average Bonchev–Trinajstić information content (AvgIpc) is 2.98. The van der Waals surface area contributed by atoms with Crippen LogP contribution in [-0.2, 0) is 0 Å². The molecule has 6 heteroatoms. The Balaban J connectivity index is 1.74. The van der Waals surface area contributed by atoms with E-state index in [2.05, 4.69) is 22.5 Å². The highest BCUT2D eigenvalue weighted by Crippen LogP contribution is 2.27. The second-order valence-electron chi connectivity index (χ2n) is 5.81. The molecule has 1 atom stereocenters. The molecule has 1 aliphatic heterocycles. The van der Waals surface area contributed by atoms with Crippen molar-refractivity contribution in [3.63, 3.8) is 0 Å². The first-order valence-electron chi connectivity index (χ1n) is 8.13. The van der Waals surface area contributed by atoms with Crippen molar-refractivity contribution in [1.29, 1.82) is 0 Å². The molecule has 0 bridgehead atoms. The molecule has 0 aromatic heterocycles. The number of nitrogens with zero attached hydrogens (tertiary/aromatic N) is 1. The number of rotatable bonds is 7. The van der Waals surface area contributed by atoms with Gasteiger partial charge in [0.25, 0.3) is 0 Å². The fourth-order valence-corrected chi connectivity index (χ4v) is 3.55. The van der Waals surface area contributed by atoms with Gasteiger partial charge in [-0.1, -0.05) is 17.7 Å². The average molecular weight is 337 g/mol. The third-order valence-corrected chi connectivity index (χ3v) is 4.88. The Morgan fingerprint density at radius 2 is 2.13 bits per heavy atom. The second-order valence-corrected chi connectivity index (χ2v) is 6.92. The predicted octanol–water partition coefficient (Wildman–Crippen LogP) is 1.80. The van der Waals surface area contributed by atoms with Crippen LogP contribution in [0.3, 0.4) is 0 Å². The van der Waals surface area contributed by atoms with Gasteiger partial charge in [-0.05, 0) is 38.2 Å². The Kier molecular flexibility index (Phi) is 7.05. The van der Waals surface area contributed by atoms with Gasteiger partial charge in [0.05, 0.1) is 18.7 Å². The molecule has 2 rings (SSSR count). The number of aliphatic imine (C=N–C) groups is 1. The molecule has 1 heterocycles. The number of aryl methyl sites for hydroxylation is 1. The van der Waals surface area contributed by atoms with Crippen LogP contribution in [0, 0.1) is 6.92 Å². The molecular weight excluding hydrogens is 310 g/mol. The summed E-state index contributed by atoms with van der Waals surface area (Å²) in [6.07, 6.45) is 0.817. The summed E-state index contributed by atoms with van der Waals surface area (Å²) >= 11 is 1.79. The maximum absolute atomic E-state index is 10.3. The van der Waals surface area contributed by atoms with E-state index in [0.717, 1.165) is 36.2 Å². The van der Waals surface area contributed by atoms with Crippen molar-refractivity contribution in [2.24, 2.45) is 4.99 Å². The lowest BCUT2D eigenvalue weighted by Gasteiger charge is -2.19. The molecule has 3 N–H and O–H groups in total. The lowest BCUT2D eigenvalue weighted by Crippen LogP contribution is -2.41. The van der Waals surface area contributed by atoms with E-state index in [9.17, 15) is 5.11 Å². The molecule has 1 fully saturated rings. The zero-order valence-corrected chi connectivity index (χ0v) is 14.8. The number of benzene rings is 1. The van der Waals surface area contributed by atoms with Crippen molar-refractivity contribution < 1.29 is 9.84 Å². The van der Waals surface area contributed by atoms with Gasteiger partial charge >= 0.3 is 0 Å². The van der Waals surface area contributed by atoms with Gasteiger partial charge in [-0.25, -0.2) is 0 Å². The van der Waals surface area contributed by atoms with E-state index in [-0.39, 0.29) is 0 Å². The van der Waals surface area contributed by atoms with E-state index in [1.54, 1.807) is 11.8 Å². The van der Waals surface area contributed by atoms with E-state index < -0.39 is 5.60 Å². The van der Waals surface area contributed by atoms with Gasteiger partial charge in [0.2, 0.25) is 0 Å². The van der Waals surface area contributed by atoms with Crippen LogP contribution in [0.15, 0.2) is 29.3 Å². The maximum Gasteiger partial charge on any atom is 0.191 e. The van der Waals surface area contributed by atoms with Crippen LogP contribution < -0.4 is 15.4 Å². The summed E-state index contributed by atoms with van der Waals surface area (Å²) in [7, 11) is 0. The minimum absolute atomic E-state index is 0.439. The summed E-state index contributed by atoms with van der Waals surface area (Å²) in [6, 6.07) is 8.02.